The van der Waals surface area contributed by atoms with Gasteiger partial charge in [0.2, 0.25) is 0 Å². The molecule has 51 heavy (non-hydrogen) atoms. The molecule has 1 aliphatic carbocycles. The average molecular weight is 654 g/mol. The Kier molecular flexibility index (Phi) is 6.56. The molecule has 0 saturated carbocycles. The van der Waals surface area contributed by atoms with Gasteiger partial charge in [0.15, 0.2) is 0 Å². The van der Waals surface area contributed by atoms with Crippen LogP contribution in [-0.4, -0.2) is 0 Å². The third kappa shape index (κ3) is 4.57. The fourth-order valence-electron chi connectivity index (χ4n) is 8.43. The van der Waals surface area contributed by atoms with Gasteiger partial charge in [-0.2, -0.15) is 0 Å². The van der Waals surface area contributed by atoms with E-state index >= 15 is 0 Å². The monoisotopic (exact) mass is 653 g/mol. The Morgan fingerprint density at radius 2 is 0.980 bits per heavy atom. The maximum absolute atomic E-state index is 6.56. The predicted octanol–water partition coefficient (Wildman–Crippen LogP) is 13.8. The van der Waals surface area contributed by atoms with Gasteiger partial charge in [0.25, 0.3) is 0 Å². The van der Waals surface area contributed by atoms with Gasteiger partial charge in [0.05, 0.1) is 0 Å². The van der Waals surface area contributed by atoms with E-state index in [9.17, 15) is 0 Å². The van der Waals surface area contributed by atoms with Crippen molar-refractivity contribution < 1.29 is 4.42 Å². The molecule has 0 unspecified atom stereocenters. The third-order valence-electron chi connectivity index (χ3n) is 10.9. The summed E-state index contributed by atoms with van der Waals surface area (Å²) in [6.07, 6.45) is 0. The summed E-state index contributed by atoms with van der Waals surface area (Å²) in [6.45, 7) is 4.69. The van der Waals surface area contributed by atoms with Crippen molar-refractivity contribution in [3.8, 4) is 33.4 Å². The van der Waals surface area contributed by atoms with Gasteiger partial charge in [-0.05, 0) is 98.4 Å². The number of para-hydroxylation sites is 1. The normalized spacial score (nSPS) is 13.1. The maximum atomic E-state index is 6.56. The number of fused-ring (bicyclic) bond motifs is 8. The molecule has 0 amide bonds. The molecule has 0 bridgehead atoms. The van der Waals surface area contributed by atoms with Crippen LogP contribution in [0.15, 0.2) is 180 Å². The molecule has 10 rings (SSSR count). The van der Waals surface area contributed by atoms with Crippen molar-refractivity contribution in [3.63, 3.8) is 0 Å². The van der Waals surface area contributed by atoms with Crippen molar-refractivity contribution >= 4 is 49.8 Å². The van der Waals surface area contributed by atoms with Crippen molar-refractivity contribution in [2.45, 2.75) is 19.3 Å². The molecule has 0 spiro atoms. The van der Waals surface area contributed by atoms with E-state index in [0.717, 1.165) is 50.1 Å². The molecule has 1 aliphatic rings. The molecular formula is C49H35NO. The Labute approximate surface area is 297 Å². The molecule has 0 fully saturated rings. The number of anilines is 3. The van der Waals surface area contributed by atoms with Crippen LogP contribution in [0.1, 0.15) is 25.0 Å². The van der Waals surface area contributed by atoms with Crippen LogP contribution in [0.5, 0.6) is 0 Å². The second-order valence-electron chi connectivity index (χ2n) is 14.1. The number of rotatable bonds is 5. The average Bonchev–Trinajstić information content (AvgIpc) is 3.68. The zero-order valence-corrected chi connectivity index (χ0v) is 28.6. The SMILES string of the molecule is CC1(C)c2ccccc2-c2ccc(N(c3ccccc3)c3ccc(-c4cccc5oc6ccc7cccc(-c8ccccc8)c7c6c45)cc3)cc21. The summed E-state index contributed by atoms with van der Waals surface area (Å²) in [4.78, 5) is 2.37. The van der Waals surface area contributed by atoms with Crippen LogP contribution in [0.25, 0.3) is 66.1 Å². The highest BCUT2D eigenvalue weighted by molar-refractivity contribution is 6.25. The molecule has 0 atom stereocenters. The van der Waals surface area contributed by atoms with E-state index in [-0.39, 0.29) is 5.41 Å². The molecule has 242 valence electrons. The highest BCUT2D eigenvalue weighted by Crippen LogP contribution is 2.51. The molecule has 9 aromatic rings. The minimum atomic E-state index is -0.0786. The van der Waals surface area contributed by atoms with Gasteiger partial charge in [-0.15, -0.1) is 0 Å². The van der Waals surface area contributed by atoms with Gasteiger partial charge >= 0.3 is 0 Å². The molecule has 2 heteroatoms. The Morgan fingerprint density at radius 3 is 1.78 bits per heavy atom. The zero-order chi connectivity index (χ0) is 34.1. The number of benzene rings is 8. The van der Waals surface area contributed by atoms with Crippen molar-refractivity contribution in [3.05, 3.63) is 187 Å². The zero-order valence-electron chi connectivity index (χ0n) is 28.6. The first kappa shape index (κ1) is 29.5. The Bertz CT molecular complexity index is 2760. The summed E-state index contributed by atoms with van der Waals surface area (Å²) in [5, 5.41) is 4.74. The second kappa shape index (κ2) is 11.3. The van der Waals surface area contributed by atoms with Gasteiger partial charge in [-0.25, -0.2) is 0 Å². The summed E-state index contributed by atoms with van der Waals surface area (Å²) in [5.41, 5.74) is 15.2. The predicted molar refractivity (Wildman–Crippen MR) is 214 cm³/mol. The van der Waals surface area contributed by atoms with Crippen LogP contribution in [0.3, 0.4) is 0 Å². The number of furan rings is 1. The van der Waals surface area contributed by atoms with Gasteiger partial charge in [-0.1, -0.05) is 141 Å². The highest BCUT2D eigenvalue weighted by atomic mass is 16.3. The lowest BCUT2D eigenvalue weighted by Crippen LogP contribution is -2.16. The molecular weight excluding hydrogens is 619 g/mol. The van der Waals surface area contributed by atoms with E-state index in [1.165, 1.54) is 44.2 Å². The lowest BCUT2D eigenvalue weighted by molar-refractivity contribution is 0.660. The number of nitrogens with zero attached hydrogens (tertiary/aromatic N) is 1. The molecule has 2 nitrogen and oxygen atoms in total. The van der Waals surface area contributed by atoms with E-state index in [1.54, 1.807) is 0 Å². The Hall–Kier alpha value is -6.38. The van der Waals surface area contributed by atoms with Crippen molar-refractivity contribution in [2.24, 2.45) is 0 Å². The summed E-state index contributed by atoms with van der Waals surface area (Å²) in [5.74, 6) is 0. The largest absolute Gasteiger partial charge is 0.456 e. The minimum Gasteiger partial charge on any atom is -0.456 e. The summed E-state index contributed by atoms with van der Waals surface area (Å²) < 4.78 is 6.56. The van der Waals surface area contributed by atoms with Gasteiger partial charge in [0.1, 0.15) is 11.2 Å². The highest BCUT2D eigenvalue weighted by Gasteiger charge is 2.35. The first-order valence-corrected chi connectivity index (χ1v) is 17.7. The molecule has 0 N–H and O–H groups in total. The third-order valence-corrected chi connectivity index (χ3v) is 10.9. The van der Waals surface area contributed by atoms with Crippen LogP contribution in [0.2, 0.25) is 0 Å². The Morgan fingerprint density at radius 1 is 0.392 bits per heavy atom. The smallest absolute Gasteiger partial charge is 0.136 e. The molecule has 0 radical (unpaired) electrons. The second-order valence-corrected chi connectivity index (χ2v) is 14.1. The lowest BCUT2D eigenvalue weighted by Gasteiger charge is -2.28. The minimum absolute atomic E-state index is 0.0786. The fourth-order valence-corrected chi connectivity index (χ4v) is 8.43. The van der Waals surface area contributed by atoms with E-state index in [1.807, 2.05) is 0 Å². The first-order chi connectivity index (χ1) is 25.1. The summed E-state index contributed by atoms with van der Waals surface area (Å²) in [6, 6.07) is 63.5. The van der Waals surface area contributed by atoms with Gasteiger partial charge in [0, 0.05) is 38.6 Å². The quantitative estimate of drug-likeness (QED) is 0.184. The van der Waals surface area contributed by atoms with Crippen molar-refractivity contribution in [2.75, 3.05) is 4.90 Å². The summed E-state index contributed by atoms with van der Waals surface area (Å²) in [7, 11) is 0. The van der Waals surface area contributed by atoms with Crippen molar-refractivity contribution in [1.29, 1.82) is 0 Å². The van der Waals surface area contributed by atoms with Crippen LogP contribution < -0.4 is 4.90 Å². The molecule has 1 heterocycles. The van der Waals surface area contributed by atoms with Crippen molar-refractivity contribution in [1.82, 2.24) is 0 Å². The lowest BCUT2D eigenvalue weighted by atomic mass is 9.82. The first-order valence-electron chi connectivity index (χ1n) is 17.7. The molecule has 0 saturated heterocycles. The van der Waals surface area contributed by atoms with E-state index < -0.39 is 0 Å². The summed E-state index contributed by atoms with van der Waals surface area (Å²) >= 11 is 0. The van der Waals surface area contributed by atoms with E-state index in [4.69, 9.17) is 4.42 Å². The fraction of sp³-hybridized carbons (Fsp3) is 0.0612. The number of hydrogen-bond acceptors (Lipinski definition) is 2. The van der Waals surface area contributed by atoms with Gasteiger partial charge in [-0.3, -0.25) is 0 Å². The topological polar surface area (TPSA) is 16.4 Å². The molecule has 1 aromatic heterocycles. The van der Waals surface area contributed by atoms with E-state index in [0.29, 0.717) is 0 Å². The number of hydrogen-bond donors (Lipinski definition) is 0. The molecule has 0 aliphatic heterocycles. The maximum Gasteiger partial charge on any atom is 0.136 e. The van der Waals surface area contributed by atoms with Crippen LogP contribution >= 0.6 is 0 Å². The van der Waals surface area contributed by atoms with Crippen LogP contribution in [0, 0.1) is 0 Å². The molecule has 8 aromatic carbocycles. The standard InChI is InChI=1S/C49H35NO/c1-49(2)42-21-10-9-18-40(42)41-29-28-37(31-43(41)49)50(35-16-7-4-8-17-35)36-26-23-33(24-27-36)39-20-12-22-44-47(39)48-45(51-44)30-25-34-15-11-19-38(46(34)48)32-13-5-3-6-14-32/h3-31H,1-2H3. The Balaban J connectivity index is 1.13. The van der Waals surface area contributed by atoms with Crippen LogP contribution in [-0.2, 0) is 5.41 Å². The van der Waals surface area contributed by atoms with E-state index in [2.05, 4.69) is 195 Å². The van der Waals surface area contributed by atoms with Gasteiger partial charge < -0.3 is 9.32 Å². The van der Waals surface area contributed by atoms with Crippen LogP contribution in [0.4, 0.5) is 17.1 Å².